The van der Waals surface area contributed by atoms with Gasteiger partial charge in [-0.25, -0.2) is 0 Å². The first-order chi connectivity index (χ1) is 9.84. The molecule has 0 radical (unpaired) electrons. The van der Waals surface area contributed by atoms with Gasteiger partial charge in [0.15, 0.2) is 0 Å². The zero-order chi connectivity index (χ0) is 17.6. The average Bonchev–Trinajstić information content (AvgIpc) is 2.42. The van der Waals surface area contributed by atoms with Gasteiger partial charge in [0.2, 0.25) is 0 Å². The summed E-state index contributed by atoms with van der Waals surface area (Å²) in [5.41, 5.74) is 3.83. The summed E-state index contributed by atoms with van der Waals surface area (Å²) in [6.45, 7) is 22.3. The van der Waals surface area contributed by atoms with Crippen molar-refractivity contribution in [3.05, 3.63) is 35.5 Å². The minimum Gasteiger partial charge on any atom is -0.0776 e. The molecular formula is C23H44. The lowest BCUT2D eigenvalue weighted by atomic mass is 9.88. The second-order valence-electron chi connectivity index (χ2n) is 9.52. The third-order valence-electron chi connectivity index (χ3n) is 3.12. The Bertz CT molecular complexity index is 400. The number of fused-ring (bicyclic) bond motifs is 1. The first-order valence-electron chi connectivity index (χ1n) is 8.95. The van der Waals surface area contributed by atoms with Crippen molar-refractivity contribution >= 4 is 0 Å². The predicted octanol–water partition coefficient (Wildman–Crippen LogP) is 8.22. The van der Waals surface area contributed by atoms with Crippen LogP contribution in [0, 0.1) is 22.7 Å². The minimum absolute atomic E-state index is 0. The van der Waals surface area contributed by atoms with E-state index in [1.165, 1.54) is 12.8 Å². The van der Waals surface area contributed by atoms with Crippen LogP contribution < -0.4 is 0 Å². The van der Waals surface area contributed by atoms with Crippen LogP contribution in [0.25, 0.3) is 0 Å². The fourth-order valence-corrected chi connectivity index (χ4v) is 2.54. The number of hydrogen-bond acceptors (Lipinski definition) is 0. The Hall–Kier alpha value is -0.780. The summed E-state index contributed by atoms with van der Waals surface area (Å²) in [5.74, 6) is 1.67. The molecule has 2 aliphatic carbocycles. The molecule has 0 N–H and O–H groups in total. The van der Waals surface area contributed by atoms with Gasteiger partial charge in [0, 0.05) is 5.41 Å². The minimum atomic E-state index is 0. The maximum Gasteiger partial charge on any atom is 0.00134 e. The predicted molar refractivity (Wildman–Crippen MR) is 110 cm³/mol. The van der Waals surface area contributed by atoms with Crippen molar-refractivity contribution in [3.8, 4) is 0 Å². The number of allylic oxidation sites excluding steroid dienone is 6. The quantitative estimate of drug-likeness (QED) is 0.421. The Morgan fingerprint density at radius 3 is 1.61 bits per heavy atom. The van der Waals surface area contributed by atoms with Gasteiger partial charge in [-0.3, -0.25) is 0 Å². The van der Waals surface area contributed by atoms with Crippen LogP contribution in [0.1, 0.15) is 89.5 Å². The SMILES string of the molecule is C.CC(C)C.CC(C)C.CC1(C)C=CC=C2CC(C)(C)CC2=C1. The second kappa shape index (κ2) is 10.2. The summed E-state index contributed by atoms with van der Waals surface area (Å²) < 4.78 is 0. The number of hydrogen-bond donors (Lipinski definition) is 0. The first-order valence-corrected chi connectivity index (χ1v) is 8.95. The molecule has 0 amide bonds. The van der Waals surface area contributed by atoms with Gasteiger partial charge in [-0.15, -0.1) is 0 Å². The van der Waals surface area contributed by atoms with E-state index in [1.807, 2.05) is 0 Å². The molecule has 23 heavy (non-hydrogen) atoms. The molecule has 136 valence electrons. The van der Waals surface area contributed by atoms with Crippen molar-refractivity contribution in [2.24, 2.45) is 22.7 Å². The van der Waals surface area contributed by atoms with Gasteiger partial charge in [-0.1, -0.05) is 101 Å². The molecular weight excluding hydrogens is 276 g/mol. The van der Waals surface area contributed by atoms with Crippen molar-refractivity contribution < 1.29 is 0 Å². The maximum absolute atomic E-state index is 2.44. The Labute approximate surface area is 148 Å². The van der Waals surface area contributed by atoms with Crippen molar-refractivity contribution in [2.75, 3.05) is 0 Å². The standard InChI is InChI=1S/C14H20.2C4H10.CH4/c1-13(2)7-5-6-11-8-14(3,4)10-12(11)9-13;2*1-4(2)3;/h5-7,9H,8,10H2,1-4H3;2*4H,1-3H3;1H4. The molecule has 2 aliphatic rings. The van der Waals surface area contributed by atoms with Crippen LogP contribution in [0.4, 0.5) is 0 Å². The summed E-state index contributed by atoms with van der Waals surface area (Å²) in [5, 5.41) is 0. The monoisotopic (exact) mass is 320 g/mol. The van der Waals surface area contributed by atoms with Crippen molar-refractivity contribution in [1.82, 2.24) is 0 Å². The van der Waals surface area contributed by atoms with E-state index < -0.39 is 0 Å². The molecule has 2 rings (SSSR count). The van der Waals surface area contributed by atoms with Gasteiger partial charge < -0.3 is 0 Å². The van der Waals surface area contributed by atoms with Crippen LogP contribution in [0.15, 0.2) is 35.5 Å². The van der Waals surface area contributed by atoms with E-state index in [2.05, 4.69) is 93.5 Å². The zero-order valence-electron chi connectivity index (χ0n) is 16.9. The van der Waals surface area contributed by atoms with Gasteiger partial charge in [0.05, 0.1) is 0 Å². The molecule has 0 heterocycles. The van der Waals surface area contributed by atoms with E-state index in [1.54, 1.807) is 11.1 Å². The molecule has 1 saturated carbocycles. The summed E-state index contributed by atoms with van der Waals surface area (Å²) >= 11 is 0. The molecule has 0 aromatic heterocycles. The van der Waals surface area contributed by atoms with E-state index in [4.69, 9.17) is 0 Å². The summed E-state index contributed by atoms with van der Waals surface area (Å²) in [6.07, 6.45) is 11.7. The van der Waals surface area contributed by atoms with E-state index in [9.17, 15) is 0 Å². The molecule has 0 aliphatic heterocycles. The van der Waals surface area contributed by atoms with Gasteiger partial charge in [0.1, 0.15) is 0 Å². The summed E-state index contributed by atoms with van der Waals surface area (Å²) in [6, 6.07) is 0. The Morgan fingerprint density at radius 1 is 0.783 bits per heavy atom. The third-order valence-corrected chi connectivity index (χ3v) is 3.12. The second-order valence-corrected chi connectivity index (χ2v) is 9.52. The molecule has 0 saturated heterocycles. The van der Waals surface area contributed by atoms with E-state index in [-0.39, 0.29) is 12.8 Å². The first kappa shape index (κ1) is 24.5. The van der Waals surface area contributed by atoms with E-state index in [0.29, 0.717) is 5.41 Å². The Morgan fingerprint density at radius 2 is 1.17 bits per heavy atom. The maximum atomic E-state index is 2.44. The molecule has 0 heteroatoms. The average molecular weight is 321 g/mol. The van der Waals surface area contributed by atoms with E-state index in [0.717, 1.165) is 11.8 Å². The number of rotatable bonds is 0. The highest BCUT2D eigenvalue weighted by Crippen LogP contribution is 2.46. The summed E-state index contributed by atoms with van der Waals surface area (Å²) in [7, 11) is 0. The smallest absolute Gasteiger partial charge is 0.00134 e. The van der Waals surface area contributed by atoms with Gasteiger partial charge >= 0.3 is 0 Å². The molecule has 1 fully saturated rings. The lowest BCUT2D eigenvalue weighted by Gasteiger charge is -2.17. The van der Waals surface area contributed by atoms with Crippen LogP contribution in [-0.2, 0) is 0 Å². The summed E-state index contributed by atoms with van der Waals surface area (Å²) in [4.78, 5) is 0. The van der Waals surface area contributed by atoms with Crippen LogP contribution in [0.2, 0.25) is 0 Å². The van der Waals surface area contributed by atoms with Crippen molar-refractivity contribution in [3.63, 3.8) is 0 Å². The fraction of sp³-hybridized carbons (Fsp3) is 0.739. The Balaban J connectivity index is 0. The lowest BCUT2D eigenvalue weighted by Crippen LogP contribution is -2.05. The Kier molecular flexibility index (Phi) is 10.8. The highest BCUT2D eigenvalue weighted by molar-refractivity contribution is 5.43. The zero-order valence-corrected chi connectivity index (χ0v) is 16.9. The normalized spacial score (nSPS) is 20.0. The van der Waals surface area contributed by atoms with Gasteiger partial charge in [-0.05, 0) is 41.2 Å². The molecule has 0 aromatic rings. The van der Waals surface area contributed by atoms with E-state index >= 15 is 0 Å². The van der Waals surface area contributed by atoms with Gasteiger partial charge in [-0.2, -0.15) is 0 Å². The van der Waals surface area contributed by atoms with Crippen molar-refractivity contribution in [1.29, 1.82) is 0 Å². The highest BCUT2D eigenvalue weighted by Gasteiger charge is 2.32. The molecule has 0 unspecified atom stereocenters. The van der Waals surface area contributed by atoms with Crippen LogP contribution in [-0.4, -0.2) is 0 Å². The molecule has 0 aromatic carbocycles. The topological polar surface area (TPSA) is 0 Å². The largest absolute Gasteiger partial charge is 0.0776 e. The highest BCUT2D eigenvalue weighted by atomic mass is 14.4. The molecule has 0 bridgehead atoms. The van der Waals surface area contributed by atoms with Crippen LogP contribution >= 0.6 is 0 Å². The van der Waals surface area contributed by atoms with Crippen LogP contribution in [0.3, 0.4) is 0 Å². The molecule has 0 nitrogen and oxygen atoms in total. The van der Waals surface area contributed by atoms with Crippen molar-refractivity contribution in [2.45, 2.75) is 89.5 Å². The molecule has 0 atom stereocenters. The van der Waals surface area contributed by atoms with Gasteiger partial charge in [0.25, 0.3) is 0 Å². The third kappa shape index (κ3) is 12.3. The lowest BCUT2D eigenvalue weighted by molar-refractivity contribution is 0.400. The molecule has 0 spiro atoms. The van der Waals surface area contributed by atoms with Crippen LogP contribution in [0.5, 0.6) is 0 Å². The fourth-order valence-electron chi connectivity index (χ4n) is 2.54.